The number of nitrogens with one attached hydrogen (secondary N) is 2. The minimum Gasteiger partial charge on any atom is -0.492 e. The van der Waals surface area contributed by atoms with E-state index in [1.165, 1.54) is 0 Å². The van der Waals surface area contributed by atoms with Gasteiger partial charge in [0.2, 0.25) is 5.82 Å². The van der Waals surface area contributed by atoms with Crippen LogP contribution in [-0.2, 0) is 5.54 Å². The number of rotatable bonds is 8. The van der Waals surface area contributed by atoms with Gasteiger partial charge in [0.25, 0.3) is 0 Å². The van der Waals surface area contributed by atoms with Crippen molar-refractivity contribution in [1.29, 1.82) is 5.26 Å². The molecule has 4 rings (SSSR count). The molecular formula is C28H32N6O2. The van der Waals surface area contributed by atoms with E-state index in [4.69, 9.17) is 4.74 Å². The maximum atomic E-state index is 13.0. The molecule has 36 heavy (non-hydrogen) atoms. The number of aromatic nitrogens is 2. The molecule has 0 unspecified atom stereocenters. The fraction of sp³-hybridized carbons (Fsp3) is 0.357. The van der Waals surface area contributed by atoms with Crippen LogP contribution in [0.15, 0.2) is 60.8 Å². The number of nitriles is 1. The van der Waals surface area contributed by atoms with Crippen molar-refractivity contribution in [2.24, 2.45) is 0 Å². The number of hydrogen-bond acceptors (Lipinski definition) is 6. The lowest BCUT2D eigenvalue weighted by atomic mass is 9.79. The molecule has 1 heterocycles. The lowest BCUT2D eigenvalue weighted by Crippen LogP contribution is -2.49. The second kappa shape index (κ2) is 11.6. The number of benzene rings is 2. The molecule has 1 aliphatic rings. The summed E-state index contributed by atoms with van der Waals surface area (Å²) in [5.41, 5.74) is 2.91. The van der Waals surface area contributed by atoms with Gasteiger partial charge in [-0.15, -0.1) is 0 Å². The van der Waals surface area contributed by atoms with Crippen LogP contribution in [0.5, 0.6) is 5.75 Å². The summed E-state index contributed by atoms with van der Waals surface area (Å²) in [6.45, 7) is 1.51. The summed E-state index contributed by atoms with van der Waals surface area (Å²) in [5.74, 6) is 0.959. The number of amides is 2. The fourth-order valence-corrected chi connectivity index (χ4v) is 4.49. The molecule has 0 spiro atoms. The average Bonchev–Trinajstić information content (AvgIpc) is 2.90. The number of ether oxygens (including phenoxy) is 1. The van der Waals surface area contributed by atoms with Crippen LogP contribution < -0.4 is 15.4 Å². The van der Waals surface area contributed by atoms with E-state index in [1.807, 2.05) is 68.7 Å². The van der Waals surface area contributed by atoms with Gasteiger partial charge in [0, 0.05) is 18.4 Å². The van der Waals surface area contributed by atoms with Crippen molar-refractivity contribution in [1.82, 2.24) is 20.2 Å². The highest BCUT2D eigenvalue weighted by Gasteiger charge is 2.37. The van der Waals surface area contributed by atoms with E-state index >= 15 is 0 Å². The first-order valence-electron chi connectivity index (χ1n) is 12.3. The van der Waals surface area contributed by atoms with Gasteiger partial charge in [-0.05, 0) is 68.4 Å². The fourth-order valence-electron chi connectivity index (χ4n) is 4.49. The lowest BCUT2D eigenvalue weighted by Gasteiger charge is -2.37. The maximum Gasteiger partial charge on any atom is 0.319 e. The van der Waals surface area contributed by atoms with E-state index in [0.29, 0.717) is 18.0 Å². The maximum absolute atomic E-state index is 13.0. The Hall–Kier alpha value is -3.96. The third-order valence-electron chi connectivity index (χ3n) is 6.44. The predicted molar refractivity (Wildman–Crippen MR) is 140 cm³/mol. The van der Waals surface area contributed by atoms with E-state index in [0.717, 1.165) is 55.5 Å². The van der Waals surface area contributed by atoms with Gasteiger partial charge < -0.3 is 20.3 Å². The third-order valence-corrected chi connectivity index (χ3v) is 6.44. The molecule has 2 aromatic carbocycles. The normalized spacial score (nSPS) is 14.6. The summed E-state index contributed by atoms with van der Waals surface area (Å²) < 4.78 is 5.77. The van der Waals surface area contributed by atoms with Gasteiger partial charge in [-0.1, -0.05) is 43.5 Å². The highest BCUT2D eigenvalue weighted by Crippen LogP contribution is 2.36. The molecule has 2 N–H and O–H groups in total. The number of urea groups is 1. The molecule has 8 heteroatoms. The standard InChI is InChI=1S/C28H32N6O2/c1-34(2)18-19-36-24-12-8-22(9-13-24)21-6-10-23(11-7-21)31-27(35)33-28(15-4-3-5-16-28)25-14-17-30-26(20-29)32-25/h6-14,17H,3-5,15-16,18-19H2,1-2H3,(H2,31,33,35). The van der Waals surface area contributed by atoms with Crippen LogP contribution >= 0.6 is 0 Å². The highest BCUT2D eigenvalue weighted by molar-refractivity contribution is 5.90. The Balaban J connectivity index is 1.40. The summed E-state index contributed by atoms with van der Waals surface area (Å²) >= 11 is 0. The predicted octanol–water partition coefficient (Wildman–Crippen LogP) is 4.94. The number of hydrogen-bond donors (Lipinski definition) is 2. The Bertz CT molecular complexity index is 1200. The van der Waals surface area contributed by atoms with Crippen LogP contribution in [0.1, 0.15) is 43.6 Å². The number of carbonyl (C=O) groups is 1. The van der Waals surface area contributed by atoms with Crippen LogP contribution in [0.25, 0.3) is 11.1 Å². The molecule has 8 nitrogen and oxygen atoms in total. The van der Waals surface area contributed by atoms with Crippen molar-refractivity contribution >= 4 is 11.7 Å². The van der Waals surface area contributed by atoms with Crippen molar-refractivity contribution in [2.45, 2.75) is 37.6 Å². The van der Waals surface area contributed by atoms with Crippen LogP contribution in [0.4, 0.5) is 10.5 Å². The van der Waals surface area contributed by atoms with Crippen molar-refractivity contribution in [3.63, 3.8) is 0 Å². The molecule has 1 fully saturated rings. The zero-order valence-corrected chi connectivity index (χ0v) is 20.8. The van der Waals surface area contributed by atoms with Crippen LogP contribution in [-0.4, -0.2) is 48.1 Å². The zero-order chi connectivity index (χ0) is 25.4. The molecule has 1 aliphatic carbocycles. The third kappa shape index (κ3) is 6.37. The lowest BCUT2D eigenvalue weighted by molar-refractivity contribution is 0.209. The molecule has 2 amide bonds. The average molecular weight is 485 g/mol. The topological polar surface area (TPSA) is 103 Å². The van der Waals surface area contributed by atoms with Gasteiger partial charge in [0.1, 0.15) is 18.4 Å². The molecule has 0 atom stereocenters. The number of likely N-dealkylation sites (N-methyl/N-ethyl adjacent to an activating group) is 1. The molecule has 1 aromatic heterocycles. The summed E-state index contributed by atoms with van der Waals surface area (Å²) in [4.78, 5) is 23.4. The Morgan fingerprint density at radius 1 is 1.03 bits per heavy atom. The molecule has 0 radical (unpaired) electrons. The second-order valence-corrected chi connectivity index (χ2v) is 9.35. The van der Waals surface area contributed by atoms with Crippen LogP contribution in [0, 0.1) is 11.3 Å². The molecule has 186 valence electrons. The van der Waals surface area contributed by atoms with Gasteiger partial charge in [0.15, 0.2) is 0 Å². The van der Waals surface area contributed by atoms with E-state index in [-0.39, 0.29) is 11.9 Å². The minimum atomic E-state index is -0.604. The summed E-state index contributed by atoms with van der Waals surface area (Å²) in [7, 11) is 4.04. The summed E-state index contributed by atoms with van der Waals surface area (Å²) in [5, 5.41) is 15.3. The number of nitrogens with zero attached hydrogens (tertiary/aromatic N) is 4. The monoisotopic (exact) mass is 484 g/mol. The SMILES string of the molecule is CN(C)CCOc1ccc(-c2ccc(NC(=O)NC3(c4ccnc(C#N)n4)CCCCC3)cc2)cc1. The first-order chi connectivity index (χ1) is 17.5. The zero-order valence-electron chi connectivity index (χ0n) is 20.8. The Labute approximate surface area is 212 Å². The molecule has 0 saturated heterocycles. The Morgan fingerprint density at radius 2 is 1.69 bits per heavy atom. The van der Waals surface area contributed by atoms with E-state index in [1.54, 1.807) is 12.3 Å². The van der Waals surface area contributed by atoms with Crippen molar-refractivity contribution in [3.05, 3.63) is 72.3 Å². The van der Waals surface area contributed by atoms with Gasteiger partial charge in [-0.25, -0.2) is 14.8 Å². The van der Waals surface area contributed by atoms with E-state index in [2.05, 4.69) is 25.5 Å². The molecule has 1 saturated carbocycles. The van der Waals surface area contributed by atoms with Crippen LogP contribution in [0.2, 0.25) is 0 Å². The van der Waals surface area contributed by atoms with Gasteiger partial charge >= 0.3 is 6.03 Å². The van der Waals surface area contributed by atoms with Gasteiger partial charge in [-0.2, -0.15) is 5.26 Å². The Morgan fingerprint density at radius 3 is 2.33 bits per heavy atom. The molecule has 3 aromatic rings. The van der Waals surface area contributed by atoms with Gasteiger partial charge in [-0.3, -0.25) is 0 Å². The minimum absolute atomic E-state index is 0.114. The van der Waals surface area contributed by atoms with Crippen molar-refractivity contribution in [2.75, 3.05) is 32.6 Å². The Kier molecular flexibility index (Phi) is 8.13. The number of carbonyl (C=O) groups excluding carboxylic acids is 1. The molecule has 0 aliphatic heterocycles. The van der Waals surface area contributed by atoms with E-state index in [9.17, 15) is 10.1 Å². The summed E-state index contributed by atoms with van der Waals surface area (Å²) in [6, 6.07) is 19.2. The van der Waals surface area contributed by atoms with E-state index < -0.39 is 5.54 Å². The summed E-state index contributed by atoms with van der Waals surface area (Å²) in [6.07, 6.45) is 6.22. The smallest absolute Gasteiger partial charge is 0.319 e. The highest BCUT2D eigenvalue weighted by atomic mass is 16.5. The molecular weight excluding hydrogens is 452 g/mol. The van der Waals surface area contributed by atoms with Crippen molar-refractivity contribution < 1.29 is 9.53 Å². The first-order valence-corrected chi connectivity index (χ1v) is 12.3. The first kappa shape index (κ1) is 25.1. The quantitative estimate of drug-likeness (QED) is 0.470. The van der Waals surface area contributed by atoms with Crippen molar-refractivity contribution in [3.8, 4) is 22.9 Å². The molecule has 0 bridgehead atoms. The van der Waals surface area contributed by atoms with Crippen LogP contribution in [0.3, 0.4) is 0 Å². The number of anilines is 1. The largest absolute Gasteiger partial charge is 0.492 e. The van der Waals surface area contributed by atoms with Gasteiger partial charge in [0.05, 0.1) is 11.2 Å². The second-order valence-electron chi connectivity index (χ2n) is 9.35.